The van der Waals surface area contributed by atoms with Crippen LogP contribution in [0.3, 0.4) is 0 Å². The van der Waals surface area contributed by atoms with Crippen molar-refractivity contribution in [2.75, 3.05) is 0 Å². The van der Waals surface area contributed by atoms with Gasteiger partial charge >= 0.3 is 11.9 Å². The number of esters is 2. The molecule has 0 spiro atoms. The van der Waals surface area contributed by atoms with E-state index in [4.69, 9.17) is 15.2 Å². The van der Waals surface area contributed by atoms with Crippen LogP contribution >= 0.6 is 0 Å². The minimum absolute atomic E-state index is 0.0238. The van der Waals surface area contributed by atoms with Gasteiger partial charge in [0.05, 0.1) is 0 Å². The summed E-state index contributed by atoms with van der Waals surface area (Å²) in [6.45, 7) is 19.0. The summed E-state index contributed by atoms with van der Waals surface area (Å²) in [5.74, 6) is -0.548. The van der Waals surface area contributed by atoms with Crippen LogP contribution in [0.1, 0.15) is 82.1 Å². The highest BCUT2D eigenvalue weighted by molar-refractivity contribution is 5.76. The van der Waals surface area contributed by atoms with Crippen molar-refractivity contribution in [3.63, 3.8) is 0 Å². The monoisotopic (exact) mass is 375 g/mol. The van der Waals surface area contributed by atoms with E-state index in [-0.39, 0.29) is 23.8 Å². The van der Waals surface area contributed by atoms with Crippen molar-refractivity contribution in [3.05, 3.63) is 0 Å². The predicted molar refractivity (Wildman–Crippen MR) is 105 cm³/mol. The number of carbonyl (C=O) groups excluding carboxylic acids is 2. The second-order valence-electron chi connectivity index (χ2n) is 8.48. The molecular formula is C20H43N2O4+. The van der Waals surface area contributed by atoms with E-state index < -0.39 is 23.2 Å². The Bertz CT molecular complexity index is 392. The Morgan fingerprint density at radius 3 is 1.50 bits per heavy atom. The lowest BCUT2D eigenvalue weighted by atomic mass is 9.93. The Morgan fingerprint density at radius 2 is 1.19 bits per heavy atom. The van der Waals surface area contributed by atoms with Gasteiger partial charge in [0.2, 0.25) is 0 Å². The molecule has 0 aliphatic heterocycles. The molecule has 0 aliphatic rings. The lowest BCUT2D eigenvalue weighted by Gasteiger charge is -2.32. The summed E-state index contributed by atoms with van der Waals surface area (Å²) < 4.78 is 11.1. The van der Waals surface area contributed by atoms with Crippen molar-refractivity contribution in [2.24, 2.45) is 17.6 Å². The summed E-state index contributed by atoms with van der Waals surface area (Å²) in [6.07, 6.45) is 1.13. The normalized spacial score (nSPS) is 14.4. The van der Waals surface area contributed by atoms with Crippen LogP contribution in [0.5, 0.6) is 0 Å². The number of quaternary nitrogens is 1. The molecule has 0 heterocycles. The lowest BCUT2D eigenvalue weighted by molar-refractivity contribution is -0.420. The summed E-state index contributed by atoms with van der Waals surface area (Å²) in [5, 5.41) is 0. The first kappa shape index (κ1) is 27.1. The summed E-state index contributed by atoms with van der Waals surface area (Å²) in [6, 6.07) is -1.02. The fourth-order valence-corrected chi connectivity index (χ4v) is 1.94. The fraction of sp³-hybridized carbons (Fsp3) is 0.900. The highest BCUT2D eigenvalue weighted by Gasteiger charge is 2.34. The molecule has 156 valence electrons. The summed E-state index contributed by atoms with van der Waals surface area (Å²) >= 11 is 0. The molecule has 0 fully saturated rings. The van der Waals surface area contributed by atoms with Gasteiger partial charge in [-0.05, 0) is 46.5 Å². The van der Waals surface area contributed by atoms with Gasteiger partial charge in [-0.15, -0.1) is 0 Å². The summed E-state index contributed by atoms with van der Waals surface area (Å²) in [7, 11) is 0. The van der Waals surface area contributed by atoms with Crippen molar-refractivity contribution < 1.29 is 24.8 Å². The van der Waals surface area contributed by atoms with Crippen LogP contribution in [0.15, 0.2) is 0 Å². The quantitative estimate of drug-likeness (QED) is 0.603. The molecule has 0 saturated carbocycles. The number of carbonyl (C=O) groups is 2. The SMILES string of the molecule is CC.CC(C)C(N)C(=O)OC(C)(C)CCC(C)(C)OC(=O)C([NH3+])C(C)C. The van der Waals surface area contributed by atoms with Crippen molar-refractivity contribution in [1.82, 2.24) is 0 Å². The molecule has 2 unspecified atom stereocenters. The van der Waals surface area contributed by atoms with Crippen molar-refractivity contribution in [2.45, 2.75) is 105 Å². The number of hydrogen-bond donors (Lipinski definition) is 2. The molecule has 0 aromatic rings. The van der Waals surface area contributed by atoms with Gasteiger partial charge in [-0.1, -0.05) is 41.5 Å². The zero-order valence-corrected chi connectivity index (χ0v) is 18.6. The molecule has 6 nitrogen and oxygen atoms in total. The zero-order valence-electron chi connectivity index (χ0n) is 18.6. The van der Waals surface area contributed by atoms with Crippen LogP contribution in [0.2, 0.25) is 0 Å². The molecule has 2 atom stereocenters. The first-order valence-corrected chi connectivity index (χ1v) is 9.73. The van der Waals surface area contributed by atoms with Crippen LogP contribution in [0.4, 0.5) is 0 Å². The molecule has 0 bridgehead atoms. The molecule has 0 aromatic carbocycles. The van der Waals surface area contributed by atoms with Crippen LogP contribution < -0.4 is 11.5 Å². The highest BCUT2D eigenvalue weighted by Crippen LogP contribution is 2.26. The van der Waals surface area contributed by atoms with E-state index in [1.54, 1.807) is 0 Å². The Hall–Kier alpha value is -1.14. The Balaban J connectivity index is 0. The smallest absolute Gasteiger partial charge is 0.365 e. The lowest BCUT2D eigenvalue weighted by Crippen LogP contribution is -2.68. The van der Waals surface area contributed by atoms with Gasteiger partial charge in [0.15, 0.2) is 6.04 Å². The van der Waals surface area contributed by atoms with Gasteiger partial charge in [0, 0.05) is 5.92 Å². The van der Waals surface area contributed by atoms with Gasteiger partial charge in [-0.25, -0.2) is 4.79 Å². The van der Waals surface area contributed by atoms with Gasteiger partial charge in [0.25, 0.3) is 0 Å². The number of ether oxygens (including phenoxy) is 2. The zero-order chi connectivity index (χ0) is 21.3. The maximum absolute atomic E-state index is 12.1. The van der Waals surface area contributed by atoms with Crippen molar-refractivity contribution >= 4 is 11.9 Å². The maximum atomic E-state index is 12.1. The Morgan fingerprint density at radius 1 is 0.846 bits per heavy atom. The summed E-state index contributed by atoms with van der Waals surface area (Å²) in [4.78, 5) is 24.1. The van der Waals surface area contributed by atoms with Crippen LogP contribution in [-0.2, 0) is 19.1 Å². The maximum Gasteiger partial charge on any atom is 0.365 e. The molecule has 0 radical (unpaired) electrons. The Kier molecular flexibility index (Phi) is 12.0. The third kappa shape index (κ3) is 10.8. The predicted octanol–water partition coefficient (Wildman–Crippen LogP) is 2.69. The van der Waals surface area contributed by atoms with E-state index in [0.29, 0.717) is 12.8 Å². The number of rotatable bonds is 9. The number of hydrogen-bond acceptors (Lipinski definition) is 5. The molecule has 0 aliphatic carbocycles. The van der Waals surface area contributed by atoms with E-state index in [9.17, 15) is 9.59 Å². The van der Waals surface area contributed by atoms with Crippen molar-refractivity contribution in [3.8, 4) is 0 Å². The molecular weight excluding hydrogens is 332 g/mol. The van der Waals surface area contributed by atoms with E-state index >= 15 is 0 Å². The minimum Gasteiger partial charge on any atom is -0.459 e. The first-order chi connectivity index (χ1) is 11.7. The van der Waals surface area contributed by atoms with Crippen molar-refractivity contribution in [1.29, 1.82) is 0 Å². The third-order valence-corrected chi connectivity index (χ3v) is 4.18. The van der Waals surface area contributed by atoms with Crippen LogP contribution in [0, 0.1) is 11.8 Å². The average Bonchev–Trinajstić information content (AvgIpc) is 2.52. The standard InChI is InChI=1S/C18H36N2O4.C2H6/c1-11(2)13(19)15(21)23-17(5,6)9-10-18(7,8)24-16(22)14(20)12(3)4;1-2/h11-14H,9-10,19-20H2,1-8H3;1-2H3/p+1. The average molecular weight is 376 g/mol. The van der Waals surface area contributed by atoms with E-state index in [2.05, 4.69) is 5.73 Å². The molecule has 6 heteroatoms. The number of nitrogens with two attached hydrogens (primary N) is 1. The molecule has 0 amide bonds. The van der Waals surface area contributed by atoms with Gasteiger partial charge < -0.3 is 20.9 Å². The van der Waals surface area contributed by atoms with Gasteiger partial charge in [0.1, 0.15) is 17.2 Å². The first-order valence-electron chi connectivity index (χ1n) is 9.73. The van der Waals surface area contributed by atoms with Gasteiger partial charge in [-0.2, -0.15) is 0 Å². The Labute approximate surface area is 160 Å². The highest BCUT2D eigenvalue weighted by atomic mass is 16.6. The molecule has 0 saturated heterocycles. The summed E-state index contributed by atoms with van der Waals surface area (Å²) in [5.41, 5.74) is 8.36. The topological polar surface area (TPSA) is 106 Å². The largest absolute Gasteiger partial charge is 0.459 e. The molecule has 5 N–H and O–H groups in total. The van der Waals surface area contributed by atoms with Crippen LogP contribution in [-0.4, -0.2) is 35.2 Å². The van der Waals surface area contributed by atoms with E-state index in [0.717, 1.165) is 0 Å². The van der Waals surface area contributed by atoms with Gasteiger partial charge in [-0.3, -0.25) is 4.79 Å². The molecule has 0 rings (SSSR count). The van der Waals surface area contributed by atoms with E-state index in [1.165, 1.54) is 0 Å². The third-order valence-electron chi connectivity index (χ3n) is 4.18. The molecule has 0 aromatic heterocycles. The van der Waals surface area contributed by atoms with E-state index in [1.807, 2.05) is 69.2 Å². The van der Waals surface area contributed by atoms with Crippen LogP contribution in [0.25, 0.3) is 0 Å². The molecule has 26 heavy (non-hydrogen) atoms. The second-order valence-corrected chi connectivity index (χ2v) is 8.48. The second kappa shape index (κ2) is 11.5. The minimum atomic E-state index is -0.671. The fourth-order valence-electron chi connectivity index (χ4n) is 1.94.